The van der Waals surface area contributed by atoms with Crippen molar-refractivity contribution in [3.63, 3.8) is 0 Å². The van der Waals surface area contributed by atoms with Crippen molar-refractivity contribution in [3.05, 3.63) is 63.4 Å². The van der Waals surface area contributed by atoms with Crippen molar-refractivity contribution >= 4 is 32.4 Å². The number of hydrogen-bond donors (Lipinski definition) is 1. The van der Waals surface area contributed by atoms with E-state index in [1.165, 1.54) is 34.3 Å². The van der Waals surface area contributed by atoms with Gasteiger partial charge in [-0.05, 0) is 36.4 Å². The van der Waals surface area contributed by atoms with Crippen LogP contribution in [0.3, 0.4) is 0 Å². The molecule has 25 heavy (non-hydrogen) atoms. The summed E-state index contributed by atoms with van der Waals surface area (Å²) in [6, 6.07) is 9.48. The third kappa shape index (κ3) is 2.86. The third-order valence-corrected chi connectivity index (χ3v) is 5.39. The summed E-state index contributed by atoms with van der Waals surface area (Å²) in [5.41, 5.74) is 0.435. The Bertz CT molecular complexity index is 1280. The van der Waals surface area contributed by atoms with Gasteiger partial charge in [-0.1, -0.05) is 11.3 Å². The van der Waals surface area contributed by atoms with Gasteiger partial charge in [-0.2, -0.15) is 9.61 Å². The number of fused-ring (bicyclic) bond motifs is 1. The van der Waals surface area contributed by atoms with E-state index in [9.17, 15) is 13.2 Å². The Balaban J connectivity index is 1.70. The third-order valence-electron chi connectivity index (χ3n) is 3.49. The van der Waals surface area contributed by atoms with Crippen LogP contribution in [0.1, 0.15) is 5.76 Å². The van der Waals surface area contributed by atoms with Crippen molar-refractivity contribution < 1.29 is 12.8 Å². The summed E-state index contributed by atoms with van der Waals surface area (Å²) in [6.45, 7) is 0. The van der Waals surface area contributed by atoms with E-state index >= 15 is 0 Å². The number of rotatable bonds is 3. The lowest BCUT2D eigenvalue weighted by Crippen LogP contribution is -2.23. The molecule has 3 aromatic heterocycles. The topological polar surface area (TPSA) is 121 Å². The summed E-state index contributed by atoms with van der Waals surface area (Å²) in [4.78, 5) is 16.7. The highest BCUT2D eigenvalue weighted by atomic mass is 32.2. The first-order valence-corrected chi connectivity index (χ1v) is 9.35. The summed E-state index contributed by atoms with van der Waals surface area (Å²) in [6.07, 6.45) is 2.94. The van der Waals surface area contributed by atoms with Crippen LogP contribution in [0, 0.1) is 0 Å². The van der Waals surface area contributed by atoms with Crippen LogP contribution in [0.2, 0.25) is 0 Å². The van der Waals surface area contributed by atoms with E-state index in [4.69, 9.17) is 9.56 Å². The molecule has 0 unspecified atom stereocenters. The maximum absolute atomic E-state index is 12.1. The van der Waals surface area contributed by atoms with E-state index in [0.29, 0.717) is 26.6 Å². The molecule has 4 rings (SSSR count). The lowest BCUT2D eigenvalue weighted by Gasteiger charge is -2.00. The number of aromatic nitrogens is 3. The van der Waals surface area contributed by atoms with Gasteiger partial charge in [-0.25, -0.2) is 18.5 Å². The molecule has 2 N–H and O–H groups in total. The number of nitrogens with two attached hydrogens (primary N) is 1. The zero-order chi connectivity index (χ0) is 17.6. The molecule has 126 valence electrons. The summed E-state index contributed by atoms with van der Waals surface area (Å²) in [5.74, 6) is 1.03. The van der Waals surface area contributed by atoms with Gasteiger partial charge < -0.3 is 4.42 Å². The average molecular weight is 374 g/mol. The number of benzene rings is 1. The van der Waals surface area contributed by atoms with Gasteiger partial charge in [-0.3, -0.25) is 4.79 Å². The zero-order valence-corrected chi connectivity index (χ0v) is 14.1. The molecule has 0 bridgehead atoms. The molecule has 0 radical (unpaired) electrons. The van der Waals surface area contributed by atoms with Crippen molar-refractivity contribution in [1.82, 2.24) is 14.6 Å². The fourth-order valence-electron chi connectivity index (χ4n) is 2.30. The first-order valence-electron chi connectivity index (χ1n) is 6.99. The van der Waals surface area contributed by atoms with Crippen molar-refractivity contribution in [3.8, 4) is 11.3 Å². The second-order valence-electron chi connectivity index (χ2n) is 5.14. The SMILES string of the molecule is NS(=O)(=O)c1ccc(-c2ccc(C=c3sc4ncnn4c3=O)o2)cc1. The second-order valence-corrected chi connectivity index (χ2v) is 7.71. The van der Waals surface area contributed by atoms with E-state index in [1.807, 2.05) is 0 Å². The molecule has 0 atom stereocenters. The van der Waals surface area contributed by atoms with Crippen LogP contribution in [-0.2, 0) is 10.0 Å². The van der Waals surface area contributed by atoms with Gasteiger partial charge in [0.2, 0.25) is 15.0 Å². The fraction of sp³-hybridized carbons (Fsp3) is 0. The second kappa shape index (κ2) is 5.62. The van der Waals surface area contributed by atoms with Crippen molar-refractivity contribution in [1.29, 1.82) is 0 Å². The summed E-state index contributed by atoms with van der Waals surface area (Å²) in [7, 11) is -3.73. The van der Waals surface area contributed by atoms with Crippen LogP contribution in [0.25, 0.3) is 22.4 Å². The maximum Gasteiger partial charge on any atom is 0.291 e. The monoisotopic (exact) mass is 374 g/mol. The Morgan fingerprint density at radius 3 is 2.60 bits per heavy atom. The van der Waals surface area contributed by atoms with E-state index in [2.05, 4.69) is 10.1 Å². The highest BCUT2D eigenvalue weighted by molar-refractivity contribution is 7.89. The van der Waals surface area contributed by atoms with E-state index in [1.54, 1.807) is 30.3 Å². The first kappa shape index (κ1) is 15.7. The van der Waals surface area contributed by atoms with Gasteiger partial charge in [-0.15, -0.1) is 0 Å². The molecule has 0 saturated carbocycles. The van der Waals surface area contributed by atoms with Crippen LogP contribution < -0.4 is 15.2 Å². The predicted molar refractivity (Wildman–Crippen MR) is 91.4 cm³/mol. The number of nitrogens with zero attached hydrogens (tertiary/aromatic N) is 3. The Kier molecular flexibility index (Phi) is 3.53. The van der Waals surface area contributed by atoms with Gasteiger partial charge in [0.1, 0.15) is 22.4 Å². The zero-order valence-electron chi connectivity index (χ0n) is 12.5. The Morgan fingerprint density at radius 2 is 1.92 bits per heavy atom. The van der Waals surface area contributed by atoms with Crippen molar-refractivity contribution in [2.24, 2.45) is 5.14 Å². The molecule has 0 aliphatic carbocycles. The summed E-state index contributed by atoms with van der Waals surface area (Å²) in [5, 5.41) is 8.93. The molecule has 10 heteroatoms. The van der Waals surface area contributed by atoms with Gasteiger partial charge in [0.05, 0.1) is 4.90 Å². The molecule has 0 fully saturated rings. The number of furan rings is 1. The van der Waals surface area contributed by atoms with Gasteiger partial charge in [0.15, 0.2) is 0 Å². The van der Waals surface area contributed by atoms with Gasteiger partial charge in [0, 0.05) is 11.6 Å². The van der Waals surface area contributed by atoms with Gasteiger partial charge >= 0.3 is 0 Å². The lowest BCUT2D eigenvalue weighted by atomic mass is 10.2. The molecular weight excluding hydrogens is 364 g/mol. The van der Waals surface area contributed by atoms with Crippen molar-refractivity contribution in [2.45, 2.75) is 4.90 Å². The van der Waals surface area contributed by atoms with E-state index in [-0.39, 0.29) is 10.5 Å². The Hall–Kier alpha value is -2.82. The number of sulfonamides is 1. The maximum atomic E-state index is 12.1. The highest BCUT2D eigenvalue weighted by Gasteiger charge is 2.10. The highest BCUT2D eigenvalue weighted by Crippen LogP contribution is 2.23. The number of hydrogen-bond acceptors (Lipinski definition) is 7. The largest absolute Gasteiger partial charge is 0.457 e. The fourth-order valence-corrected chi connectivity index (χ4v) is 3.68. The number of thiazole rings is 1. The Morgan fingerprint density at radius 1 is 1.16 bits per heavy atom. The lowest BCUT2D eigenvalue weighted by molar-refractivity contribution is 0.571. The van der Waals surface area contributed by atoms with Crippen LogP contribution in [-0.4, -0.2) is 23.0 Å². The molecule has 0 aliphatic heterocycles. The van der Waals surface area contributed by atoms with Gasteiger partial charge in [0.25, 0.3) is 5.56 Å². The molecule has 0 saturated heterocycles. The van der Waals surface area contributed by atoms with Crippen molar-refractivity contribution in [2.75, 3.05) is 0 Å². The standard InChI is InChI=1S/C15H10N4O4S2/c16-25(21,22)11-4-1-9(2-5-11)12-6-3-10(23-12)7-13-14(20)19-15(24-13)17-8-18-19/h1-8H,(H2,16,21,22). The van der Waals surface area contributed by atoms with Crippen LogP contribution in [0.15, 0.2) is 56.8 Å². The average Bonchev–Trinajstić information content (AvgIpc) is 3.27. The normalized spacial score (nSPS) is 12.9. The predicted octanol–water partition coefficient (Wildman–Crippen LogP) is 0.606. The molecule has 0 aliphatic rings. The van der Waals surface area contributed by atoms with Crippen LogP contribution in [0.5, 0.6) is 0 Å². The molecule has 1 aromatic carbocycles. The number of primary sulfonamides is 1. The minimum absolute atomic E-state index is 0.0278. The molecule has 8 nitrogen and oxygen atoms in total. The molecular formula is C15H10N4O4S2. The molecule has 3 heterocycles. The smallest absolute Gasteiger partial charge is 0.291 e. The summed E-state index contributed by atoms with van der Waals surface area (Å²) >= 11 is 1.22. The molecule has 0 amide bonds. The Labute approximate surface area is 144 Å². The van der Waals surface area contributed by atoms with E-state index in [0.717, 1.165) is 0 Å². The van der Waals surface area contributed by atoms with Crippen LogP contribution >= 0.6 is 11.3 Å². The summed E-state index contributed by atoms with van der Waals surface area (Å²) < 4.78 is 30.0. The minimum atomic E-state index is -3.73. The van der Waals surface area contributed by atoms with Crippen LogP contribution in [0.4, 0.5) is 0 Å². The minimum Gasteiger partial charge on any atom is -0.457 e. The van der Waals surface area contributed by atoms with E-state index < -0.39 is 10.0 Å². The molecule has 4 aromatic rings. The first-order chi connectivity index (χ1) is 11.9. The molecule has 0 spiro atoms. The quantitative estimate of drug-likeness (QED) is 0.561.